The molecule has 2 aromatic carbocycles. The molecule has 3 saturated carbocycles. The summed E-state index contributed by atoms with van der Waals surface area (Å²) in [6.07, 6.45) is 16.0. The normalized spacial score (nSPS) is 31.9. The van der Waals surface area contributed by atoms with Crippen LogP contribution >= 0.6 is 0 Å². The van der Waals surface area contributed by atoms with Crippen LogP contribution in [0, 0.1) is 46.3 Å². The number of fused-ring (bicyclic) bond motifs is 5. The number of allylic oxidation sites excluding steroid dienone is 1. The Morgan fingerprint density at radius 2 is 1.73 bits per heavy atom. The monoisotopic (exact) mass is 696 g/mol. The first-order valence-electron chi connectivity index (χ1n) is 20.0. The molecule has 7 nitrogen and oxygen atoms in total. The molecule has 8 atom stereocenters. The predicted octanol–water partition coefficient (Wildman–Crippen LogP) is 10.4. The Bertz CT molecular complexity index is 1680. The summed E-state index contributed by atoms with van der Waals surface area (Å²) in [6, 6.07) is 8.87. The van der Waals surface area contributed by atoms with Gasteiger partial charge < -0.3 is 9.47 Å². The second-order valence-electron chi connectivity index (χ2n) is 17.7. The number of imide groups is 1. The van der Waals surface area contributed by atoms with Gasteiger partial charge in [-0.05, 0) is 116 Å². The molecule has 0 bridgehead atoms. The van der Waals surface area contributed by atoms with Gasteiger partial charge in [-0.1, -0.05) is 77.7 Å². The van der Waals surface area contributed by atoms with E-state index in [9.17, 15) is 14.4 Å². The second-order valence-corrected chi connectivity index (χ2v) is 17.7. The molecular weight excluding hydrogens is 636 g/mol. The molecule has 1 aliphatic heterocycles. The Morgan fingerprint density at radius 3 is 2.49 bits per heavy atom. The number of nitrogens with zero attached hydrogens (tertiary/aromatic N) is 1. The number of hydrogen-bond donors (Lipinski definition) is 1. The van der Waals surface area contributed by atoms with E-state index in [1.54, 1.807) is 31.4 Å². The van der Waals surface area contributed by atoms with Crippen LogP contribution in [0.15, 0.2) is 42.0 Å². The Kier molecular flexibility index (Phi) is 10.2. The summed E-state index contributed by atoms with van der Waals surface area (Å²) >= 11 is 0. The Labute approximate surface area is 305 Å². The summed E-state index contributed by atoms with van der Waals surface area (Å²) in [6.45, 7) is 13.2. The van der Waals surface area contributed by atoms with Crippen LogP contribution in [0.3, 0.4) is 0 Å². The summed E-state index contributed by atoms with van der Waals surface area (Å²) < 4.78 is 11.2. The van der Waals surface area contributed by atoms with Crippen molar-refractivity contribution in [2.75, 3.05) is 25.6 Å². The third kappa shape index (κ3) is 6.44. The van der Waals surface area contributed by atoms with E-state index in [2.05, 4.69) is 46.0 Å². The first kappa shape index (κ1) is 36.2. The molecule has 5 aliphatic rings. The molecule has 7 heteroatoms. The van der Waals surface area contributed by atoms with Crippen molar-refractivity contribution in [2.45, 2.75) is 118 Å². The highest BCUT2D eigenvalue weighted by atomic mass is 16.6. The molecule has 0 saturated heterocycles. The van der Waals surface area contributed by atoms with Gasteiger partial charge in [0.15, 0.2) is 0 Å². The van der Waals surface area contributed by atoms with E-state index >= 15 is 0 Å². The van der Waals surface area contributed by atoms with E-state index in [1.807, 2.05) is 6.07 Å². The molecular formula is C44H60N2O5. The molecule has 4 aliphatic carbocycles. The fourth-order valence-electron chi connectivity index (χ4n) is 11.9. The van der Waals surface area contributed by atoms with Crippen LogP contribution in [0.4, 0.5) is 10.5 Å². The fourth-order valence-corrected chi connectivity index (χ4v) is 11.9. The quantitative estimate of drug-likeness (QED) is 0.144. The maximum absolute atomic E-state index is 13.4. The zero-order chi connectivity index (χ0) is 36.1. The van der Waals surface area contributed by atoms with Crippen LogP contribution in [0.25, 0.3) is 10.8 Å². The summed E-state index contributed by atoms with van der Waals surface area (Å²) in [5.41, 5.74) is 3.65. The number of ether oxygens (including phenoxy) is 2. The SMILES string of the molecule is COCCCN1C(=O)c2cccc3c(NC(=O)O[C@H]4CC[C@@]5(C)C(=CC[C@H]6[C@@H]7CC[C@H]([C@H](C)CCCC(C)C)[C@@]7(C)CC[C@@H]65)C4)ccc(c23)C1=O. The van der Waals surface area contributed by atoms with Crippen LogP contribution in [-0.2, 0) is 9.47 Å². The third-order valence-electron chi connectivity index (χ3n) is 14.5. The molecule has 0 radical (unpaired) electrons. The van der Waals surface area contributed by atoms with Gasteiger partial charge in [0.05, 0.1) is 5.69 Å². The van der Waals surface area contributed by atoms with Crippen LogP contribution in [0.2, 0.25) is 0 Å². The second kappa shape index (κ2) is 14.3. The number of hydrogen-bond acceptors (Lipinski definition) is 5. The van der Waals surface area contributed by atoms with Gasteiger partial charge in [0.1, 0.15) is 6.10 Å². The summed E-state index contributed by atoms with van der Waals surface area (Å²) in [7, 11) is 1.61. The lowest BCUT2D eigenvalue weighted by molar-refractivity contribution is -0.0577. The highest BCUT2D eigenvalue weighted by Gasteiger charge is 2.59. The van der Waals surface area contributed by atoms with Crippen molar-refractivity contribution in [1.29, 1.82) is 0 Å². The van der Waals surface area contributed by atoms with E-state index < -0.39 is 6.09 Å². The number of amides is 3. The first-order valence-corrected chi connectivity index (χ1v) is 20.0. The van der Waals surface area contributed by atoms with E-state index in [1.165, 1.54) is 61.8 Å². The molecule has 1 heterocycles. The van der Waals surface area contributed by atoms with E-state index in [4.69, 9.17) is 9.47 Å². The van der Waals surface area contributed by atoms with Crippen molar-refractivity contribution in [1.82, 2.24) is 4.90 Å². The molecule has 0 aromatic heterocycles. The van der Waals surface area contributed by atoms with Crippen LogP contribution in [0.1, 0.15) is 132 Å². The van der Waals surface area contributed by atoms with E-state index in [0.717, 1.165) is 54.8 Å². The van der Waals surface area contributed by atoms with Crippen molar-refractivity contribution in [3.05, 3.63) is 53.1 Å². The Balaban J connectivity index is 1.00. The summed E-state index contributed by atoms with van der Waals surface area (Å²) in [5.74, 6) is 4.17. The lowest BCUT2D eigenvalue weighted by Gasteiger charge is -2.58. The molecule has 7 rings (SSSR count). The van der Waals surface area contributed by atoms with Gasteiger partial charge in [-0.3, -0.25) is 19.8 Å². The minimum Gasteiger partial charge on any atom is -0.446 e. The van der Waals surface area contributed by atoms with Crippen molar-refractivity contribution < 1.29 is 23.9 Å². The first-order chi connectivity index (χ1) is 24.5. The van der Waals surface area contributed by atoms with Gasteiger partial charge in [0, 0.05) is 48.6 Å². The molecule has 2 aromatic rings. The third-order valence-corrected chi connectivity index (χ3v) is 14.5. The number of rotatable bonds is 11. The number of methoxy groups -OCH3 is 1. The van der Waals surface area contributed by atoms with Gasteiger partial charge in [0.25, 0.3) is 11.8 Å². The van der Waals surface area contributed by atoms with Crippen LogP contribution in [-0.4, -0.2) is 49.2 Å². The van der Waals surface area contributed by atoms with Crippen LogP contribution in [0.5, 0.6) is 0 Å². The fraction of sp³-hybridized carbons (Fsp3) is 0.659. The molecule has 3 fully saturated rings. The minimum absolute atomic E-state index is 0.166. The Morgan fingerprint density at radius 1 is 0.941 bits per heavy atom. The Hall–Kier alpha value is -3.19. The summed E-state index contributed by atoms with van der Waals surface area (Å²) in [4.78, 5) is 41.4. The van der Waals surface area contributed by atoms with Gasteiger partial charge in [-0.2, -0.15) is 0 Å². The number of benzene rings is 2. The van der Waals surface area contributed by atoms with Crippen LogP contribution < -0.4 is 5.32 Å². The lowest BCUT2D eigenvalue weighted by Crippen LogP contribution is -2.51. The largest absolute Gasteiger partial charge is 0.446 e. The van der Waals surface area contributed by atoms with Crippen molar-refractivity contribution in [3.63, 3.8) is 0 Å². The number of carbonyl (C=O) groups is 3. The molecule has 0 spiro atoms. The number of nitrogens with one attached hydrogen (secondary N) is 1. The average molecular weight is 697 g/mol. The van der Waals surface area contributed by atoms with Gasteiger partial charge in [0.2, 0.25) is 0 Å². The van der Waals surface area contributed by atoms with Gasteiger partial charge in [-0.25, -0.2) is 4.79 Å². The van der Waals surface area contributed by atoms with E-state index in [0.29, 0.717) is 52.6 Å². The standard InChI is InChI=1S/C44H60N2O5/c1-27(2)10-7-11-28(3)35-17-18-36-31-15-14-29-26-30(20-22-43(29,4)37(31)21-23-44(35,36)5)51-42(49)45-38-19-16-34-39-32(38)12-8-13-33(39)40(47)46(41(34)48)24-9-25-50-6/h8,12-14,16,19,27-28,30-31,35-37H,7,9-11,15,17-18,20-26H2,1-6H3,(H,45,49)/t28-,30+,31+,35-,36+,37+,43+,44-/m1/s1. The topological polar surface area (TPSA) is 84.9 Å². The number of anilines is 1. The predicted molar refractivity (Wildman–Crippen MR) is 203 cm³/mol. The molecule has 276 valence electrons. The maximum atomic E-state index is 13.4. The molecule has 0 unspecified atom stereocenters. The molecule has 1 N–H and O–H groups in total. The molecule has 3 amide bonds. The van der Waals surface area contributed by atoms with Crippen molar-refractivity contribution in [3.8, 4) is 0 Å². The number of carbonyl (C=O) groups excluding carboxylic acids is 3. The molecule has 51 heavy (non-hydrogen) atoms. The summed E-state index contributed by atoms with van der Waals surface area (Å²) in [5, 5.41) is 4.22. The van der Waals surface area contributed by atoms with Crippen molar-refractivity contribution in [2.24, 2.45) is 46.3 Å². The minimum atomic E-state index is -0.485. The maximum Gasteiger partial charge on any atom is 0.411 e. The zero-order valence-electron chi connectivity index (χ0n) is 31.9. The van der Waals surface area contributed by atoms with Gasteiger partial charge >= 0.3 is 6.09 Å². The lowest BCUT2D eigenvalue weighted by atomic mass is 9.47. The van der Waals surface area contributed by atoms with Crippen molar-refractivity contribution >= 4 is 34.4 Å². The van der Waals surface area contributed by atoms with Gasteiger partial charge in [-0.15, -0.1) is 0 Å². The smallest absolute Gasteiger partial charge is 0.411 e. The average Bonchev–Trinajstić information content (AvgIpc) is 3.46. The highest BCUT2D eigenvalue weighted by Crippen LogP contribution is 2.67. The zero-order valence-corrected chi connectivity index (χ0v) is 31.9. The highest BCUT2D eigenvalue weighted by molar-refractivity contribution is 6.27. The van der Waals surface area contributed by atoms with E-state index in [-0.39, 0.29) is 23.3 Å².